The van der Waals surface area contributed by atoms with Crippen LogP contribution in [0.3, 0.4) is 0 Å². The first-order valence-electron chi connectivity index (χ1n) is 10.6. The number of hydrogen-bond donors (Lipinski definition) is 2. The summed E-state index contributed by atoms with van der Waals surface area (Å²) in [4.78, 5) is 23.7. The molecular formula is C23H31NO5. The van der Waals surface area contributed by atoms with Gasteiger partial charge in [-0.3, -0.25) is 9.59 Å². The molecular weight excluding hydrogens is 370 g/mol. The Balaban J connectivity index is 1.70. The molecule has 6 nitrogen and oxygen atoms in total. The molecule has 3 aliphatic carbocycles. The van der Waals surface area contributed by atoms with Crippen molar-refractivity contribution in [1.29, 1.82) is 0 Å². The molecule has 0 saturated heterocycles. The molecule has 1 aromatic carbocycles. The zero-order chi connectivity index (χ0) is 20.9. The van der Waals surface area contributed by atoms with Gasteiger partial charge in [0.25, 0.3) is 0 Å². The SMILES string of the molecule is COc1ccc2c(c1)CC[C@H]1[C@@H]3[C@H](O)[C@@H](NC(C)=O)[C@H](OC(C)=O)[C@@]3(C)CC[C@H]21. The highest BCUT2D eigenvalue weighted by molar-refractivity contribution is 5.73. The van der Waals surface area contributed by atoms with Crippen molar-refractivity contribution in [2.75, 3.05) is 7.11 Å². The number of aliphatic hydroxyl groups excluding tert-OH is 1. The van der Waals surface area contributed by atoms with E-state index in [4.69, 9.17) is 9.47 Å². The van der Waals surface area contributed by atoms with Crippen LogP contribution in [0.5, 0.6) is 5.75 Å². The lowest BCUT2D eigenvalue weighted by Gasteiger charge is -2.50. The molecule has 0 aromatic heterocycles. The van der Waals surface area contributed by atoms with Crippen molar-refractivity contribution in [2.24, 2.45) is 17.3 Å². The monoisotopic (exact) mass is 401 g/mol. The number of ether oxygens (including phenoxy) is 2. The number of rotatable bonds is 3. The summed E-state index contributed by atoms with van der Waals surface area (Å²) in [6.07, 6.45) is 2.49. The van der Waals surface area contributed by atoms with Gasteiger partial charge in [0, 0.05) is 19.3 Å². The van der Waals surface area contributed by atoms with E-state index in [9.17, 15) is 14.7 Å². The van der Waals surface area contributed by atoms with E-state index in [0.717, 1.165) is 31.4 Å². The second-order valence-electron chi connectivity index (χ2n) is 9.19. The van der Waals surface area contributed by atoms with Crippen LogP contribution in [0.15, 0.2) is 18.2 Å². The molecule has 0 aliphatic heterocycles. The Morgan fingerprint density at radius 2 is 2.00 bits per heavy atom. The number of fused-ring (bicyclic) bond motifs is 5. The van der Waals surface area contributed by atoms with Crippen molar-refractivity contribution in [1.82, 2.24) is 5.32 Å². The molecule has 1 amide bonds. The fraction of sp³-hybridized carbons (Fsp3) is 0.652. The summed E-state index contributed by atoms with van der Waals surface area (Å²) < 4.78 is 11.1. The van der Waals surface area contributed by atoms with Gasteiger partial charge in [0.2, 0.25) is 5.91 Å². The molecule has 2 N–H and O–H groups in total. The Morgan fingerprint density at radius 1 is 1.24 bits per heavy atom. The first-order chi connectivity index (χ1) is 13.8. The van der Waals surface area contributed by atoms with Crippen LogP contribution >= 0.6 is 0 Å². The second-order valence-corrected chi connectivity index (χ2v) is 9.19. The van der Waals surface area contributed by atoms with Crippen molar-refractivity contribution >= 4 is 11.9 Å². The Kier molecular flexibility index (Phi) is 5.09. The third-order valence-electron chi connectivity index (χ3n) is 7.61. The number of amides is 1. The zero-order valence-corrected chi connectivity index (χ0v) is 17.6. The van der Waals surface area contributed by atoms with E-state index in [0.29, 0.717) is 11.8 Å². The summed E-state index contributed by atoms with van der Waals surface area (Å²) >= 11 is 0. The van der Waals surface area contributed by atoms with Crippen molar-refractivity contribution in [3.8, 4) is 5.75 Å². The minimum absolute atomic E-state index is 0.0299. The van der Waals surface area contributed by atoms with Gasteiger partial charge < -0.3 is 19.9 Å². The zero-order valence-electron chi connectivity index (χ0n) is 17.6. The normalized spacial score (nSPS) is 37.7. The number of aliphatic hydroxyl groups is 1. The average molecular weight is 402 g/mol. The molecule has 2 saturated carbocycles. The highest BCUT2D eigenvalue weighted by Gasteiger charge is 2.64. The quantitative estimate of drug-likeness (QED) is 0.761. The number of nitrogens with one attached hydrogen (secondary N) is 1. The Morgan fingerprint density at radius 3 is 2.66 bits per heavy atom. The molecule has 0 radical (unpaired) electrons. The molecule has 0 spiro atoms. The van der Waals surface area contributed by atoms with Crippen LogP contribution in [-0.4, -0.2) is 42.3 Å². The van der Waals surface area contributed by atoms with Crippen LogP contribution in [0.2, 0.25) is 0 Å². The van der Waals surface area contributed by atoms with Gasteiger partial charge >= 0.3 is 5.97 Å². The summed E-state index contributed by atoms with van der Waals surface area (Å²) in [7, 11) is 1.69. The molecule has 7 atom stereocenters. The maximum Gasteiger partial charge on any atom is 0.302 e. The molecule has 2 fully saturated rings. The molecule has 29 heavy (non-hydrogen) atoms. The van der Waals surface area contributed by atoms with E-state index in [1.54, 1.807) is 7.11 Å². The van der Waals surface area contributed by atoms with E-state index in [1.165, 1.54) is 25.0 Å². The fourth-order valence-electron chi connectivity index (χ4n) is 6.53. The van der Waals surface area contributed by atoms with Gasteiger partial charge in [-0.1, -0.05) is 13.0 Å². The first kappa shape index (κ1) is 20.2. The predicted molar refractivity (Wildman–Crippen MR) is 108 cm³/mol. The number of aryl methyl sites for hydroxylation is 1. The van der Waals surface area contributed by atoms with Crippen LogP contribution in [0, 0.1) is 17.3 Å². The summed E-state index contributed by atoms with van der Waals surface area (Å²) in [5, 5.41) is 14.2. The number of esters is 1. The maximum absolute atomic E-state index is 11.8. The molecule has 4 rings (SSSR count). The van der Waals surface area contributed by atoms with Crippen LogP contribution in [0.25, 0.3) is 0 Å². The Hall–Kier alpha value is -2.08. The van der Waals surface area contributed by atoms with Crippen molar-refractivity contribution in [2.45, 2.75) is 70.6 Å². The minimum Gasteiger partial charge on any atom is -0.497 e. The lowest BCUT2D eigenvalue weighted by atomic mass is 9.55. The van der Waals surface area contributed by atoms with Gasteiger partial charge in [0.05, 0.1) is 19.3 Å². The van der Waals surface area contributed by atoms with Crippen molar-refractivity contribution in [3.05, 3.63) is 29.3 Å². The van der Waals surface area contributed by atoms with Gasteiger partial charge in [0.15, 0.2) is 0 Å². The molecule has 6 heteroatoms. The molecule has 158 valence electrons. The van der Waals surface area contributed by atoms with E-state index in [1.807, 2.05) is 6.07 Å². The van der Waals surface area contributed by atoms with Crippen molar-refractivity contribution < 1.29 is 24.2 Å². The third-order valence-corrected chi connectivity index (χ3v) is 7.61. The molecule has 0 unspecified atom stereocenters. The summed E-state index contributed by atoms with van der Waals surface area (Å²) in [6.45, 7) is 4.95. The number of methoxy groups -OCH3 is 1. The smallest absolute Gasteiger partial charge is 0.302 e. The summed E-state index contributed by atoms with van der Waals surface area (Å²) in [6, 6.07) is 5.75. The lowest BCUT2D eigenvalue weighted by molar-refractivity contribution is -0.157. The van der Waals surface area contributed by atoms with Crippen molar-refractivity contribution in [3.63, 3.8) is 0 Å². The van der Waals surface area contributed by atoms with Crippen LogP contribution in [0.4, 0.5) is 0 Å². The number of carbonyl (C=O) groups excluding carboxylic acids is 2. The molecule has 0 heterocycles. The first-order valence-corrected chi connectivity index (χ1v) is 10.6. The fourth-order valence-corrected chi connectivity index (χ4v) is 6.53. The number of benzene rings is 1. The van der Waals surface area contributed by atoms with Gasteiger partial charge in [-0.15, -0.1) is 0 Å². The standard InChI is InChI=1S/C23H31NO5/c1-12(25)24-20-21(27)19-18-7-5-14-11-15(28-4)6-8-16(14)17(18)9-10-23(19,3)22(20)29-13(2)26/h6,8,11,17-22,27H,5,7,9-10H2,1-4H3,(H,24,25)/t17-,18-,19-,20-,21+,22+,23+/m1/s1. The summed E-state index contributed by atoms with van der Waals surface area (Å²) in [5.41, 5.74) is 2.32. The van der Waals surface area contributed by atoms with Crippen LogP contribution in [0.1, 0.15) is 57.1 Å². The third kappa shape index (κ3) is 3.21. The largest absolute Gasteiger partial charge is 0.497 e. The Labute approximate surface area is 172 Å². The average Bonchev–Trinajstić information content (AvgIpc) is 2.87. The second kappa shape index (κ2) is 7.31. The molecule has 3 aliphatic rings. The van der Waals surface area contributed by atoms with E-state index < -0.39 is 18.2 Å². The van der Waals surface area contributed by atoms with E-state index in [2.05, 4.69) is 24.4 Å². The summed E-state index contributed by atoms with van der Waals surface area (Å²) in [5.74, 6) is 0.920. The van der Waals surface area contributed by atoms with Gasteiger partial charge in [0.1, 0.15) is 11.9 Å². The predicted octanol–water partition coefficient (Wildman–Crippen LogP) is 2.57. The van der Waals surface area contributed by atoms with Crippen LogP contribution in [-0.2, 0) is 20.7 Å². The van der Waals surface area contributed by atoms with Gasteiger partial charge in [-0.2, -0.15) is 0 Å². The topological polar surface area (TPSA) is 84.9 Å². The van der Waals surface area contributed by atoms with Gasteiger partial charge in [-0.25, -0.2) is 0 Å². The maximum atomic E-state index is 11.8. The molecule has 1 aromatic rings. The highest BCUT2D eigenvalue weighted by Crippen LogP contribution is 2.61. The van der Waals surface area contributed by atoms with E-state index in [-0.39, 0.29) is 23.2 Å². The Bertz CT molecular complexity index is 823. The van der Waals surface area contributed by atoms with E-state index >= 15 is 0 Å². The number of hydrogen-bond acceptors (Lipinski definition) is 5. The number of carbonyl (C=O) groups is 2. The van der Waals surface area contributed by atoms with Gasteiger partial charge in [-0.05, 0) is 66.7 Å². The lowest BCUT2D eigenvalue weighted by Crippen LogP contribution is -2.49. The minimum atomic E-state index is -0.735. The highest BCUT2D eigenvalue weighted by atomic mass is 16.5. The van der Waals surface area contributed by atoms with Crippen LogP contribution < -0.4 is 10.1 Å². The molecule has 0 bridgehead atoms.